The fourth-order valence-electron chi connectivity index (χ4n) is 3.75. The number of aromatic nitrogens is 2. The van der Waals surface area contributed by atoms with Crippen molar-refractivity contribution in [2.45, 2.75) is 13.5 Å². The highest BCUT2D eigenvalue weighted by Crippen LogP contribution is 2.11. The van der Waals surface area contributed by atoms with Gasteiger partial charge in [-0.1, -0.05) is 12.1 Å². The predicted octanol–water partition coefficient (Wildman–Crippen LogP) is 1.90. The van der Waals surface area contributed by atoms with Crippen molar-refractivity contribution in [1.29, 1.82) is 0 Å². The number of hydrogen-bond donors (Lipinski definition) is 1. The van der Waals surface area contributed by atoms with Crippen molar-refractivity contribution >= 4 is 17.2 Å². The van der Waals surface area contributed by atoms with Crippen LogP contribution in [-0.2, 0) is 11.3 Å². The Bertz CT molecular complexity index is 1120. The number of benzene rings is 1. The molecule has 0 atom stereocenters. The van der Waals surface area contributed by atoms with E-state index in [0.717, 1.165) is 37.6 Å². The number of halogens is 1. The second kappa shape index (κ2) is 8.73. The van der Waals surface area contributed by atoms with Crippen molar-refractivity contribution in [3.8, 4) is 0 Å². The Kier molecular flexibility index (Phi) is 5.87. The second-order valence-electron chi connectivity index (χ2n) is 7.56. The van der Waals surface area contributed by atoms with Crippen molar-refractivity contribution in [1.82, 2.24) is 19.2 Å². The Morgan fingerprint density at radius 1 is 1.07 bits per heavy atom. The number of carbonyl (C=O) groups is 1. The zero-order valence-corrected chi connectivity index (χ0v) is 16.8. The summed E-state index contributed by atoms with van der Waals surface area (Å²) < 4.78 is 14.8. The lowest BCUT2D eigenvalue weighted by Crippen LogP contribution is -2.48. The molecule has 1 N–H and O–H groups in total. The lowest BCUT2D eigenvalue weighted by atomic mass is 10.2. The summed E-state index contributed by atoms with van der Waals surface area (Å²) in [7, 11) is 0. The van der Waals surface area contributed by atoms with Gasteiger partial charge in [-0.05, 0) is 37.3 Å². The number of pyridine rings is 1. The number of aryl methyl sites for hydroxylation is 1. The van der Waals surface area contributed by atoms with Gasteiger partial charge in [0.1, 0.15) is 11.5 Å². The summed E-state index contributed by atoms with van der Waals surface area (Å²) in [5.41, 5.74) is 2.66. The molecular weight excluding hydrogens is 385 g/mol. The van der Waals surface area contributed by atoms with Gasteiger partial charge in [0.2, 0.25) is 5.91 Å². The highest BCUT2D eigenvalue weighted by Gasteiger charge is 2.20. The molecule has 156 valence electrons. The summed E-state index contributed by atoms with van der Waals surface area (Å²) >= 11 is 0. The third-order valence-corrected chi connectivity index (χ3v) is 5.26. The van der Waals surface area contributed by atoms with Crippen molar-refractivity contribution in [2.75, 3.05) is 38.0 Å². The van der Waals surface area contributed by atoms with E-state index in [0.29, 0.717) is 17.9 Å². The molecule has 8 heteroatoms. The van der Waals surface area contributed by atoms with Crippen molar-refractivity contribution in [3.05, 3.63) is 76.1 Å². The van der Waals surface area contributed by atoms with E-state index in [2.05, 4.69) is 20.1 Å². The highest BCUT2D eigenvalue weighted by atomic mass is 19.1. The van der Waals surface area contributed by atoms with Gasteiger partial charge in [0.25, 0.3) is 5.56 Å². The standard InChI is InChI=1S/C22H24FN5O2/c1-16-4-2-7-20-24-19(13-22(30)28(16)20)14-26-8-10-27(11-9-26)15-21(29)25-18-6-3-5-17(23)12-18/h2-7,12-13H,8-11,14-15H2,1H3,(H,25,29). The molecule has 0 radical (unpaired) electrons. The Labute approximate surface area is 173 Å². The van der Waals surface area contributed by atoms with Crippen LogP contribution in [0.5, 0.6) is 0 Å². The smallest absolute Gasteiger partial charge is 0.258 e. The lowest BCUT2D eigenvalue weighted by Gasteiger charge is -2.34. The molecular formula is C22H24FN5O2. The molecule has 0 saturated carbocycles. The highest BCUT2D eigenvalue weighted by molar-refractivity contribution is 5.92. The van der Waals surface area contributed by atoms with Crippen LogP contribution >= 0.6 is 0 Å². The first-order chi connectivity index (χ1) is 14.5. The first-order valence-electron chi connectivity index (χ1n) is 9.96. The van der Waals surface area contributed by atoms with E-state index in [-0.39, 0.29) is 23.8 Å². The molecule has 1 aliphatic rings. The predicted molar refractivity (Wildman–Crippen MR) is 113 cm³/mol. The molecule has 3 aromatic rings. The second-order valence-corrected chi connectivity index (χ2v) is 7.56. The number of piperazine rings is 1. The van der Waals surface area contributed by atoms with E-state index in [1.165, 1.54) is 12.1 Å². The van der Waals surface area contributed by atoms with Crippen LogP contribution in [0.3, 0.4) is 0 Å². The number of nitrogens with zero attached hydrogens (tertiary/aromatic N) is 4. The van der Waals surface area contributed by atoms with E-state index >= 15 is 0 Å². The van der Waals surface area contributed by atoms with Crippen LogP contribution in [0.4, 0.5) is 10.1 Å². The normalized spacial score (nSPS) is 15.4. The van der Waals surface area contributed by atoms with Crippen molar-refractivity contribution < 1.29 is 9.18 Å². The molecule has 1 aliphatic heterocycles. The number of amides is 1. The summed E-state index contributed by atoms with van der Waals surface area (Å²) in [6.07, 6.45) is 0. The maximum Gasteiger partial charge on any atom is 0.258 e. The quantitative estimate of drug-likeness (QED) is 0.697. The molecule has 30 heavy (non-hydrogen) atoms. The van der Waals surface area contributed by atoms with Crippen LogP contribution in [0.15, 0.2) is 53.3 Å². The Morgan fingerprint density at radius 2 is 1.80 bits per heavy atom. The minimum Gasteiger partial charge on any atom is -0.325 e. The molecule has 1 aromatic carbocycles. The molecule has 0 aliphatic carbocycles. The summed E-state index contributed by atoms with van der Waals surface area (Å²) in [4.78, 5) is 33.6. The van der Waals surface area contributed by atoms with E-state index in [4.69, 9.17) is 0 Å². The van der Waals surface area contributed by atoms with Gasteiger partial charge < -0.3 is 5.32 Å². The van der Waals surface area contributed by atoms with Crippen LogP contribution in [0, 0.1) is 12.7 Å². The van der Waals surface area contributed by atoms with Crippen LogP contribution in [0.1, 0.15) is 11.4 Å². The molecule has 0 unspecified atom stereocenters. The zero-order valence-electron chi connectivity index (χ0n) is 16.8. The Balaban J connectivity index is 1.31. The number of fused-ring (bicyclic) bond motifs is 1. The van der Waals surface area contributed by atoms with Crippen LogP contribution < -0.4 is 10.9 Å². The maximum atomic E-state index is 13.2. The molecule has 1 amide bonds. The third-order valence-electron chi connectivity index (χ3n) is 5.26. The van der Waals surface area contributed by atoms with Gasteiger partial charge in [0.15, 0.2) is 0 Å². The molecule has 1 fully saturated rings. The third kappa shape index (κ3) is 4.72. The first kappa shape index (κ1) is 20.2. The summed E-state index contributed by atoms with van der Waals surface area (Å²) in [5, 5.41) is 2.73. The number of nitrogens with one attached hydrogen (secondary N) is 1. The average molecular weight is 409 g/mol. The molecule has 4 rings (SSSR count). The van der Waals surface area contributed by atoms with E-state index in [1.807, 2.05) is 25.1 Å². The van der Waals surface area contributed by atoms with Crippen LogP contribution in [0.2, 0.25) is 0 Å². The summed E-state index contributed by atoms with van der Waals surface area (Å²) in [6.45, 7) is 5.79. The fraction of sp³-hybridized carbons (Fsp3) is 0.318. The van der Waals surface area contributed by atoms with E-state index < -0.39 is 0 Å². The lowest BCUT2D eigenvalue weighted by molar-refractivity contribution is -0.117. The Hall–Kier alpha value is -3.10. The van der Waals surface area contributed by atoms with Gasteiger partial charge in [-0.15, -0.1) is 0 Å². The average Bonchev–Trinajstić information content (AvgIpc) is 2.69. The number of hydrogen-bond acceptors (Lipinski definition) is 5. The van der Waals surface area contributed by atoms with Gasteiger partial charge in [0, 0.05) is 50.2 Å². The number of anilines is 1. The largest absolute Gasteiger partial charge is 0.325 e. The summed E-state index contributed by atoms with van der Waals surface area (Å²) in [5.74, 6) is -0.535. The van der Waals surface area contributed by atoms with Gasteiger partial charge in [-0.2, -0.15) is 0 Å². The zero-order chi connectivity index (χ0) is 21.1. The van der Waals surface area contributed by atoms with Crippen LogP contribution in [-0.4, -0.2) is 57.8 Å². The van der Waals surface area contributed by atoms with Gasteiger partial charge >= 0.3 is 0 Å². The minimum atomic E-state index is -0.376. The van der Waals surface area contributed by atoms with Gasteiger partial charge in [0.05, 0.1) is 12.2 Å². The van der Waals surface area contributed by atoms with E-state index in [1.54, 1.807) is 22.6 Å². The van der Waals surface area contributed by atoms with Crippen molar-refractivity contribution in [2.24, 2.45) is 0 Å². The van der Waals surface area contributed by atoms with E-state index in [9.17, 15) is 14.0 Å². The van der Waals surface area contributed by atoms with Crippen LogP contribution in [0.25, 0.3) is 5.65 Å². The maximum absolute atomic E-state index is 13.2. The monoisotopic (exact) mass is 409 g/mol. The molecule has 3 heterocycles. The molecule has 0 bridgehead atoms. The SMILES string of the molecule is Cc1cccc2nc(CN3CCN(CC(=O)Nc4cccc(F)c4)CC3)cc(=O)n12. The molecule has 2 aromatic heterocycles. The van der Waals surface area contributed by atoms with Gasteiger partial charge in [-0.25, -0.2) is 9.37 Å². The van der Waals surface area contributed by atoms with Gasteiger partial charge in [-0.3, -0.25) is 23.8 Å². The Morgan fingerprint density at radius 3 is 2.57 bits per heavy atom. The molecule has 7 nitrogen and oxygen atoms in total. The number of carbonyl (C=O) groups excluding carboxylic acids is 1. The topological polar surface area (TPSA) is 70.0 Å². The number of rotatable bonds is 5. The molecule has 0 spiro atoms. The van der Waals surface area contributed by atoms with Crippen molar-refractivity contribution in [3.63, 3.8) is 0 Å². The summed E-state index contributed by atoms with van der Waals surface area (Å²) in [6, 6.07) is 13.1. The minimum absolute atomic E-state index is 0.0687. The fourth-order valence-corrected chi connectivity index (χ4v) is 3.75. The first-order valence-corrected chi connectivity index (χ1v) is 9.96. The molecule has 1 saturated heterocycles.